The number of carbonyl (C=O) groups is 7. The number of ether oxygens (including phenoxy) is 4. The van der Waals surface area contributed by atoms with Crippen LogP contribution in [0.4, 0.5) is 10.5 Å². The molecule has 432 valence electrons. The first-order chi connectivity index (χ1) is 37.3. The van der Waals surface area contributed by atoms with Gasteiger partial charge in [0.15, 0.2) is 17.6 Å². The Balaban J connectivity index is 1.03. The van der Waals surface area contributed by atoms with Crippen LogP contribution in [0.2, 0.25) is 5.02 Å². The number of amides is 5. The van der Waals surface area contributed by atoms with Gasteiger partial charge in [-0.3, -0.25) is 34.7 Å². The number of benzene rings is 2. The number of hydrogen-bond acceptors (Lipinski definition) is 16. The molecule has 1 aromatic heterocycles. The molecule has 2 fully saturated rings. The Kier molecular flexibility index (Phi) is 21.0. The molecule has 0 radical (unpaired) electrons. The van der Waals surface area contributed by atoms with Crippen molar-refractivity contribution in [3.63, 3.8) is 0 Å². The van der Waals surface area contributed by atoms with Crippen molar-refractivity contribution in [3.8, 4) is 0 Å². The van der Waals surface area contributed by atoms with Crippen LogP contribution in [-0.4, -0.2) is 174 Å². The molecule has 4 heterocycles. The van der Waals surface area contributed by atoms with E-state index in [-0.39, 0.29) is 51.1 Å². The number of hydrogen-bond donors (Lipinski definition) is 7. The zero-order valence-corrected chi connectivity index (χ0v) is 47.4. The second kappa shape index (κ2) is 26.8. The van der Waals surface area contributed by atoms with E-state index < -0.39 is 102 Å². The Morgan fingerprint density at radius 3 is 2.44 bits per heavy atom. The first-order valence-electron chi connectivity index (χ1n) is 26.5. The number of Topliss-reactive ketones (excluding diaryl/α,β-unsaturated/α-hetero) is 1. The number of anilines is 1. The molecule has 22 nitrogen and oxygen atoms in total. The molecular weight excluding hydrogens is 1040 g/mol. The minimum absolute atomic E-state index is 0.116. The number of aromatic nitrogens is 1. The highest BCUT2D eigenvalue weighted by atomic mass is 35.5. The van der Waals surface area contributed by atoms with Gasteiger partial charge in [0.25, 0.3) is 5.91 Å². The number of rotatable bonds is 20. The van der Waals surface area contributed by atoms with Gasteiger partial charge in [-0.05, 0) is 82.3 Å². The number of esters is 1. The fourth-order valence-electron chi connectivity index (χ4n) is 10.1. The van der Waals surface area contributed by atoms with Gasteiger partial charge in [-0.25, -0.2) is 14.6 Å². The molecule has 6 rings (SSSR count). The predicted molar refractivity (Wildman–Crippen MR) is 293 cm³/mol. The Labute approximate surface area is 465 Å². The van der Waals surface area contributed by atoms with Gasteiger partial charge in [-0.15, -0.1) is 0 Å². The normalized spacial score (nSPS) is 25.6. The van der Waals surface area contributed by atoms with Crippen molar-refractivity contribution in [2.75, 3.05) is 53.3 Å². The van der Waals surface area contributed by atoms with E-state index in [2.05, 4.69) is 32.0 Å². The number of hydrazine groups is 1. The number of likely N-dealkylation sites (N-methyl/N-ethyl adjacent to an activating group) is 1. The van der Waals surface area contributed by atoms with Gasteiger partial charge in [-0.2, -0.15) is 0 Å². The van der Waals surface area contributed by atoms with E-state index in [1.807, 2.05) is 69.4 Å². The number of allylic oxidation sites excluding steroid dienone is 3. The highest BCUT2D eigenvalue weighted by Gasteiger charge is 2.64. The van der Waals surface area contributed by atoms with Gasteiger partial charge < -0.3 is 59.3 Å². The lowest BCUT2D eigenvalue weighted by molar-refractivity contribution is -0.162. The van der Waals surface area contributed by atoms with Crippen molar-refractivity contribution < 1.29 is 67.8 Å². The number of methoxy groups -OCH3 is 1. The van der Waals surface area contributed by atoms with Crippen LogP contribution in [0.5, 0.6) is 0 Å². The standard InChI is InChI=1S/C56H77ClN8O14/c1-32-15-13-19-43(76-10)56(75)30-42(77-54(74)61-56)34(3)51-55(5,79-51)44(29-47(69)64(9)40-27-36(25-32)26-33(2)48(40)57)78-53(73)35(4)63(8)46(68)20-23-60-52(72)50(71)49(70)41(66)18-14-22-59-45(67)21-24-65-38(31-62(7)58-6)28-37-16-11-12-17-39(37)65/h11-13,15-17,19,26-28,34-35,42-44,49-51,58,70-71,75H,14,18,20-25,29-31H2,1-10H3,(H,59,67)(H,60,72)(H,61,74)/b19-13+,32-15+/t34-,35+,42+,43-,44+,49+,50+,51?,55+,56-/m1/s1. The number of fused-ring (bicyclic) bond motifs is 6. The largest absolute Gasteiger partial charge is 0.457 e. The third-order valence-corrected chi connectivity index (χ3v) is 15.7. The lowest BCUT2D eigenvalue weighted by atomic mass is 9.83. The number of ketones is 1. The van der Waals surface area contributed by atoms with E-state index >= 15 is 0 Å². The second-order valence-electron chi connectivity index (χ2n) is 21.0. The molecule has 79 heavy (non-hydrogen) atoms. The third kappa shape index (κ3) is 15.2. The zero-order valence-electron chi connectivity index (χ0n) is 46.7. The first kappa shape index (κ1) is 62.0. The van der Waals surface area contributed by atoms with Gasteiger partial charge in [-0.1, -0.05) is 66.6 Å². The average Bonchev–Trinajstić information content (AvgIpc) is 4.02. The van der Waals surface area contributed by atoms with Crippen molar-refractivity contribution in [2.24, 2.45) is 5.92 Å². The summed E-state index contributed by atoms with van der Waals surface area (Å²) < 4.78 is 25.8. The van der Waals surface area contributed by atoms with Crippen LogP contribution in [0.15, 0.2) is 66.3 Å². The molecule has 3 aliphatic heterocycles. The Morgan fingerprint density at radius 1 is 1.01 bits per heavy atom. The van der Waals surface area contributed by atoms with Crippen LogP contribution < -0.4 is 26.3 Å². The van der Waals surface area contributed by atoms with Gasteiger partial charge in [0.1, 0.15) is 36.1 Å². The van der Waals surface area contributed by atoms with E-state index in [1.54, 1.807) is 39.1 Å². The molecular formula is C56H77ClN8O14. The van der Waals surface area contributed by atoms with Gasteiger partial charge in [0.05, 0.1) is 29.8 Å². The molecule has 7 N–H and O–H groups in total. The number of aliphatic hydroxyl groups excluding tert-OH is 2. The SMILES string of the molecule is CNN(C)Cc1cc2ccccc2n1CCC(=O)NCCCC(=O)[C@H](O)[C@H](O)C(=O)NCCC(=O)N(C)[C@@H](C)C(=O)O[C@H]1CC(=O)N(C)c2cc(cc(C)c2Cl)C/C(C)=C/C=C/[C@@H](OC)[C@]2(O)C[C@H](OC(=O)N2)[C@@H](C)C2O[C@]21C. The number of carbonyl (C=O) groups excluding carboxylic acids is 7. The molecule has 3 aliphatic rings. The number of epoxide rings is 1. The molecule has 4 bridgehead atoms. The summed E-state index contributed by atoms with van der Waals surface area (Å²) in [4.78, 5) is 95.7. The van der Waals surface area contributed by atoms with E-state index in [0.717, 1.165) is 38.2 Å². The van der Waals surface area contributed by atoms with Crippen molar-refractivity contribution in [3.05, 3.63) is 88.1 Å². The molecule has 0 saturated carbocycles. The van der Waals surface area contributed by atoms with Crippen LogP contribution in [-0.2, 0) is 67.2 Å². The molecule has 0 spiro atoms. The maximum Gasteiger partial charge on any atom is 0.409 e. The zero-order chi connectivity index (χ0) is 58.1. The average molecular weight is 1120 g/mol. The van der Waals surface area contributed by atoms with Crippen molar-refractivity contribution in [2.45, 2.75) is 147 Å². The van der Waals surface area contributed by atoms with Gasteiger partial charge >= 0.3 is 12.1 Å². The maximum atomic E-state index is 14.3. The van der Waals surface area contributed by atoms with Crippen molar-refractivity contribution in [1.82, 2.24) is 35.9 Å². The number of aliphatic hydroxyl groups is 3. The highest BCUT2D eigenvalue weighted by molar-refractivity contribution is 6.34. The van der Waals surface area contributed by atoms with Crippen molar-refractivity contribution >= 4 is 69.7 Å². The number of halogens is 1. The van der Waals surface area contributed by atoms with E-state index in [9.17, 15) is 48.9 Å². The monoisotopic (exact) mass is 1120 g/mol. The summed E-state index contributed by atoms with van der Waals surface area (Å²) in [5.74, 6) is -4.80. The molecule has 5 amide bonds. The number of para-hydroxylation sites is 1. The highest BCUT2D eigenvalue weighted by Crippen LogP contribution is 2.49. The summed E-state index contributed by atoms with van der Waals surface area (Å²) in [6.45, 7) is 9.36. The smallest absolute Gasteiger partial charge is 0.409 e. The maximum absolute atomic E-state index is 14.3. The van der Waals surface area contributed by atoms with Crippen LogP contribution in [0.1, 0.15) is 83.0 Å². The Hall–Kier alpha value is -6.24. The molecule has 1 unspecified atom stereocenters. The van der Waals surface area contributed by atoms with Gasteiger partial charge in [0.2, 0.25) is 17.7 Å². The number of nitrogens with zero attached hydrogens (tertiary/aromatic N) is 4. The van der Waals surface area contributed by atoms with E-state index in [4.69, 9.17) is 30.5 Å². The van der Waals surface area contributed by atoms with Crippen LogP contribution in [0.3, 0.4) is 0 Å². The molecule has 23 heteroatoms. The van der Waals surface area contributed by atoms with E-state index in [1.165, 1.54) is 26.0 Å². The number of nitrogens with one attached hydrogen (secondary N) is 4. The second-order valence-corrected chi connectivity index (χ2v) is 21.4. The number of alkyl carbamates (subject to hydrolysis) is 1. The van der Waals surface area contributed by atoms with Gasteiger partial charge in [0, 0.05) is 90.7 Å². The van der Waals surface area contributed by atoms with Crippen molar-refractivity contribution in [1.29, 1.82) is 0 Å². The van der Waals surface area contributed by atoms with Crippen LogP contribution >= 0.6 is 11.6 Å². The third-order valence-electron chi connectivity index (χ3n) is 15.2. The summed E-state index contributed by atoms with van der Waals surface area (Å²) in [7, 11) is 8.04. The lowest BCUT2D eigenvalue weighted by Gasteiger charge is -2.42. The molecule has 2 saturated heterocycles. The lowest BCUT2D eigenvalue weighted by Crippen LogP contribution is -2.63. The molecule has 2 aromatic carbocycles. The summed E-state index contributed by atoms with van der Waals surface area (Å²) in [5.41, 5.74) is 4.78. The summed E-state index contributed by atoms with van der Waals surface area (Å²) in [6.07, 6.45) is -4.20. The fourth-order valence-corrected chi connectivity index (χ4v) is 10.3. The Bertz CT molecular complexity index is 2810. The molecule has 0 aliphatic carbocycles. The predicted octanol–water partition coefficient (Wildman–Crippen LogP) is 3.12. The van der Waals surface area contributed by atoms with Crippen LogP contribution in [0, 0.1) is 12.8 Å². The topological polar surface area (TPSA) is 283 Å². The number of aryl methyl sites for hydroxylation is 2. The summed E-state index contributed by atoms with van der Waals surface area (Å²) in [5, 5.41) is 43.9. The Morgan fingerprint density at radius 2 is 1.73 bits per heavy atom. The fraction of sp³-hybridized carbons (Fsp3) is 0.554. The molecule has 10 atom stereocenters. The minimum atomic E-state index is -2.15. The first-order valence-corrected chi connectivity index (χ1v) is 26.9. The van der Waals surface area contributed by atoms with Crippen LogP contribution in [0.25, 0.3) is 10.9 Å². The summed E-state index contributed by atoms with van der Waals surface area (Å²) in [6, 6.07) is 12.4. The quantitative estimate of drug-likeness (QED) is 0.0370. The summed E-state index contributed by atoms with van der Waals surface area (Å²) >= 11 is 6.81. The minimum Gasteiger partial charge on any atom is -0.457 e. The van der Waals surface area contributed by atoms with E-state index in [0.29, 0.717) is 30.2 Å². The molecule has 3 aromatic rings.